The van der Waals surface area contributed by atoms with Gasteiger partial charge in [0.2, 0.25) is 0 Å². The van der Waals surface area contributed by atoms with E-state index in [2.05, 4.69) is 86.6 Å². The fraction of sp³-hybridized carbons (Fsp3) is 0.333. The Labute approximate surface area is 166 Å². The topological polar surface area (TPSA) is 9.86 Å². The molecule has 0 fully saturated rings. The van der Waals surface area contributed by atoms with Gasteiger partial charge >= 0.3 is 0 Å². The van der Waals surface area contributed by atoms with E-state index in [9.17, 15) is 0 Å². The third kappa shape index (κ3) is 3.06. The first-order chi connectivity index (χ1) is 12.9. The minimum absolute atomic E-state index is 0.421. The summed E-state index contributed by atoms with van der Waals surface area (Å²) in [7, 11) is 4.31. The molecule has 2 nitrogen and oxygen atoms in total. The molecule has 140 valence electrons. The van der Waals surface area contributed by atoms with Gasteiger partial charge in [0.05, 0.1) is 5.52 Å². The lowest BCUT2D eigenvalue weighted by Crippen LogP contribution is -2.05. The molecule has 0 spiro atoms. The van der Waals surface area contributed by atoms with Crippen LogP contribution >= 0.6 is 11.6 Å². The lowest BCUT2D eigenvalue weighted by Gasteiger charge is -2.15. The predicted octanol–water partition coefficient (Wildman–Crippen LogP) is 6.79. The summed E-state index contributed by atoms with van der Waals surface area (Å²) in [6.07, 6.45) is 3.31. The number of hydrogen-bond acceptors (Lipinski definition) is 0. The highest BCUT2D eigenvalue weighted by Crippen LogP contribution is 2.33. The average molecular weight is 379 g/mol. The van der Waals surface area contributed by atoms with Gasteiger partial charge in [0.25, 0.3) is 0 Å². The highest BCUT2D eigenvalue weighted by molar-refractivity contribution is 6.31. The Morgan fingerprint density at radius 1 is 1.00 bits per heavy atom. The second kappa shape index (κ2) is 6.76. The number of aromatic nitrogens is 2. The van der Waals surface area contributed by atoms with Crippen LogP contribution in [-0.2, 0) is 20.5 Å². The van der Waals surface area contributed by atoms with Crippen LogP contribution in [0.2, 0.25) is 5.02 Å². The van der Waals surface area contributed by atoms with Crippen LogP contribution in [0.4, 0.5) is 0 Å². The van der Waals surface area contributed by atoms with Crippen molar-refractivity contribution in [1.29, 1.82) is 0 Å². The van der Waals surface area contributed by atoms with E-state index in [-0.39, 0.29) is 0 Å². The van der Waals surface area contributed by atoms with Crippen molar-refractivity contribution >= 4 is 33.4 Å². The molecule has 4 rings (SSSR count). The van der Waals surface area contributed by atoms with E-state index in [4.69, 9.17) is 11.6 Å². The van der Waals surface area contributed by atoms with Crippen LogP contribution in [0.25, 0.3) is 21.8 Å². The molecule has 0 radical (unpaired) electrons. The minimum atomic E-state index is 0.421. The normalized spacial score (nSPS) is 13.1. The highest BCUT2D eigenvalue weighted by Gasteiger charge is 2.17. The number of hydrogen-bond donors (Lipinski definition) is 0. The van der Waals surface area contributed by atoms with Crippen molar-refractivity contribution < 1.29 is 0 Å². The van der Waals surface area contributed by atoms with Gasteiger partial charge in [-0.25, -0.2) is 0 Å². The number of benzene rings is 2. The van der Waals surface area contributed by atoms with E-state index >= 15 is 0 Å². The van der Waals surface area contributed by atoms with Crippen molar-refractivity contribution in [2.45, 2.75) is 39.0 Å². The number of nitrogens with zero attached hydrogens (tertiary/aromatic N) is 2. The molecule has 0 saturated carbocycles. The molecule has 1 unspecified atom stereocenters. The Morgan fingerprint density at radius 2 is 1.78 bits per heavy atom. The maximum absolute atomic E-state index is 6.20. The van der Waals surface area contributed by atoms with Gasteiger partial charge in [0, 0.05) is 47.8 Å². The molecule has 0 bridgehead atoms. The molecule has 2 heterocycles. The summed E-state index contributed by atoms with van der Waals surface area (Å²) in [4.78, 5) is 0. The van der Waals surface area contributed by atoms with E-state index in [0.29, 0.717) is 11.8 Å². The Kier molecular flexibility index (Phi) is 4.55. The lowest BCUT2D eigenvalue weighted by molar-refractivity contribution is 0.691. The van der Waals surface area contributed by atoms with Gasteiger partial charge in [-0.2, -0.15) is 0 Å². The van der Waals surface area contributed by atoms with Crippen LogP contribution in [-0.4, -0.2) is 9.13 Å². The first kappa shape index (κ1) is 18.2. The molecule has 1 atom stereocenters. The molecule has 0 saturated heterocycles. The molecular formula is C24H27ClN2. The Balaban J connectivity index is 1.75. The minimum Gasteiger partial charge on any atom is -0.350 e. The van der Waals surface area contributed by atoms with Crippen molar-refractivity contribution in [2.75, 3.05) is 0 Å². The fourth-order valence-electron chi connectivity index (χ4n) is 4.44. The molecule has 0 aliphatic heterocycles. The van der Waals surface area contributed by atoms with Gasteiger partial charge in [-0.3, -0.25) is 0 Å². The standard InChI is InChI=1S/C24H27ClN2/c1-15(2)21-14-26(4)24-18(7-6-8-20(21)24)11-16(3)22-12-17-9-10-19(25)13-23(17)27(22)5/h6-10,12-16H,11H2,1-5H3. The predicted molar refractivity (Wildman–Crippen MR) is 117 cm³/mol. The Hall–Kier alpha value is -2.19. The molecular weight excluding hydrogens is 352 g/mol. The molecule has 0 N–H and O–H groups in total. The highest BCUT2D eigenvalue weighted by atomic mass is 35.5. The van der Waals surface area contributed by atoms with Crippen LogP contribution in [0.15, 0.2) is 48.7 Å². The zero-order chi connectivity index (χ0) is 19.3. The molecule has 0 aliphatic carbocycles. The van der Waals surface area contributed by atoms with Crippen molar-refractivity contribution in [2.24, 2.45) is 14.1 Å². The number of aryl methyl sites for hydroxylation is 2. The van der Waals surface area contributed by atoms with Crippen LogP contribution in [0, 0.1) is 0 Å². The van der Waals surface area contributed by atoms with E-state index in [1.165, 1.54) is 38.6 Å². The summed E-state index contributed by atoms with van der Waals surface area (Å²) >= 11 is 6.20. The number of halogens is 1. The average Bonchev–Trinajstić information content (AvgIpc) is 3.14. The molecule has 0 amide bonds. The SMILES string of the molecule is CC(C)c1cn(C)c2c(CC(C)c3cc4ccc(Cl)cc4n3C)cccc12. The number of para-hydroxylation sites is 1. The van der Waals surface area contributed by atoms with Crippen molar-refractivity contribution in [1.82, 2.24) is 9.13 Å². The molecule has 4 aromatic rings. The number of fused-ring (bicyclic) bond motifs is 2. The van der Waals surface area contributed by atoms with E-state index in [0.717, 1.165) is 11.4 Å². The Bertz CT molecular complexity index is 1130. The van der Waals surface area contributed by atoms with Gasteiger partial charge in [0.15, 0.2) is 0 Å². The van der Waals surface area contributed by atoms with Gasteiger partial charge in [-0.15, -0.1) is 0 Å². The molecule has 27 heavy (non-hydrogen) atoms. The zero-order valence-corrected chi connectivity index (χ0v) is 17.5. The first-order valence-electron chi connectivity index (χ1n) is 9.68. The summed E-state index contributed by atoms with van der Waals surface area (Å²) < 4.78 is 4.59. The summed E-state index contributed by atoms with van der Waals surface area (Å²) in [6.45, 7) is 6.86. The third-order valence-corrected chi connectivity index (χ3v) is 6.05. The third-order valence-electron chi connectivity index (χ3n) is 5.81. The van der Waals surface area contributed by atoms with Crippen molar-refractivity contribution in [3.8, 4) is 0 Å². The first-order valence-corrected chi connectivity index (χ1v) is 10.1. The smallest absolute Gasteiger partial charge is 0.0513 e. The molecule has 2 aromatic carbocycles. The Morgan fingerprint density at radius 3 is 2.52 bits per heavy atom. The number of rotatable bonds is 4. The summed E-state index contributed by atoms with van der Waals surface area (Å²) in [5.74, 6) is 0.952. The van der Waals surface area contributed by atoms with Crippen molar-refractivity contribution in [3.63, 3.8) is 0 Å². The fourth-order valence-corrected chi connectivity index (χ4v) is 4.61. The lowest BCUT2D eigenvalue weighted by atomic mass is 9.94. The van der Waals surface area contributed by atoms with Gasteiger partial charge < -0.3 is 9.13 Å². The van der Waals surface area contributed by atoms with Gasteiger partial charge in [-0.1, -0.05) is 56.6 Å². The molecule has 0 aliphatic rings. The maximum Gasteiger partial charge on any atom is 0.0513 e. The van der Waals surface area contributed by atoms with E-state index in [1.54, 1.807) is 0 Å². The monoisotopic (exact) mass is 378 g/mol. The van der Waals surface area contributed by atoms with Crippen molar-refractivity contribution in [3.05, 3.63) is 70.5 Å². The van der Waals surface area contributed by atoms with Gasteiger partial charge in [-0.05, 0) is 47.1 Å². The summed E-state index contributed by atoms with van der Waals surface area (Å²) in [5, 5.41) is 3.43. The van der Waals surface area contributed by atoms with Crippen LogP contribution < -0.4 is 0 Å². The van der Waals surface area contributed by atoms with Crippen LogP contribution in [0.5, 0.6) is 0 Å². The van der Waals surface area contributed by atoms with E-state index in [1.807, 2.05) is 6.07 Å². The van der Waals surface area contributed by atoms with Crippen LogP contribution in [0.3, 0.4) is 0 Å². The summed E-state index contributed by atoms with van der Waals surface area (Å²) in [6, 6.07) is 15.2. The second-order valence-corrected chi connectivity index (χ2v) is 8.54. The zero-order valence-electron chi connectivity index (χ0n) is 16.8. The largest absolute Gasteiger partial charge is 0.350 e. The molecule has 2 aromatic heterocycles. The van der Waals surface area contributed by atoms with Gasteiger partial charge in [0.1, 0.15) is 0 Å². The molecule has 3 heteroatoms. The summed E-state index contributed by atoms with van der Waals surface area (Å²) in [5.41, 5.74) is 6.76. The second-order valence-electron chi connectivity index (χ2n) is 8.10. The quantitative estimate of drug-likeness (QED) is 0.370. The van der Waals surface area contributed by atoms with Crippen LogP contribution in [0.1, 0.15) is 49.4 Å². The maximum atomic E-state index is 6.20. The van der Waals surface area contributed by atoms with E-state index < -0.39 is 0 Å².